The molecule has 0 bridgehead atoms. The molecule has 0 saturated heterocycles. The number of carbonyl (C=O) groups excluding carboxylic acids is 1. The molecule has 5 nitrogen and oxygen atoms in total. The van der Waals surface area contributed by atoms with Gasteiger partial charge >= 0.3 is 0 Å². The Morgan fingerprint density at radius 2 is 1.90 bits per heavy atom. The first-order chi connectivity index (χ1) is 14.4. The van der Waals surface area contributed by atoms with Crippen molar-refractivity contribution in [1.29, 1.82) is 0 Å². The fourth-order valence-corrected chi connectivity index (χ4v) is 2.84. The van der Waals surface area contributed by atoms with Gasteiger partial charge in [-0.2, -0.15) is 0 Å². The van der Waals surface area contributed by atoms with Gasteiger partial charge < -0.3 is 15.6 Å². The van der Waals surface area contributed by atoms with Crippen LogP contribution in [0.4, 0.5) is 14.5 Å². The van der Waals surface area contributed by atoms with E-state index in [4.69, 9.17) is 0 Å². The average Bonchev–Trinajstić information content (AvgIpc) is 3.11. The van der Waals surface area contributed by atoms with Gasteiger partial charge in [0.1, 0.15) is 17.5 Å². The molecule has 0 saturated carbocycles. The maximum atomic E-state index is 13.9. The smallest absolute Gasteiger partial charge is 0.211 e. The zero-order valence-corrected chi connectivity index (χ0v) is 16.3. The highest BCUT2D eigenvalue weighted by Gasteiger charge is 2.10. The van der Waals surface area contributed by atoms with E-state index in [1.807, 2.05) is 12.1 Å². The normalized spacial score (nSPS) is 11.1. The van der Waals surface area contributed by atoms with Gasteiger partial charge in [-0.15, -0.1) is 0 Å². The molecule has 0 fully saturated rings. The highest BCUT2D eigenvalue weighted by Crippen LogP contribution is 2.25. The SMILES string of the molecule is C=Cc1nc(-c2ccc(NC(=C)c3ccc(F)cc3F)cc2)[nH]c1/C=C(\C)NC=O. The maximum absolute atomic E-state index is 13.9. The quantitative estimate of drug-likeness (QED) is 0.451. The Bertz CT molecular complexity index is 1130. The first-order valence-corrected chi connectivity index (χ1v) is 9.04. The number of H-pyrrole nitrogens is 1. The minimum absolute atomic E-state index is 0.192. The molecule has 30 heavy (non-hydrogen) atoms. The van der Waals surface area contributed by atoms with E-state index in [1.54, 1.807) is 31.2 Å². The molecule has 0 aliphatic rings. The molecular formula is C23H20F2N4O. The van der Waals surface area contributed by atoms with E-state index >= 15 is 0 Å². The van der Waals surface area contributed by atoms with Crippen molar-refractivity contribution in [3.8, 4) is 11.4 Å². The summed E-state index contributed by atoms with van der Waals surface area (Å²) in [5.41, 5.74) is 4.05. The van der Waals surface area contributed by atoms with Crippen molar-refractivity contribution >= 4 is 29.9 Å². The number of aromatic amines is 1. The van der Waals surface area contributed by atoms with Crippen LogP contribution < -0.4 is 10.6 Å². The van der Waals surface area contributed by atoms with E-state index in [9.17, 15) is 13.6 Å². The second-order valence-electron chi connectivity index (χ2n) is 6.48. The minimum atomic E-state index is -0.684. The minimum Gasteiger partial charge on any atom is -0.355 e. The molecule has 1 amide bonds. The number of imidazole rings is 1. The number of rotatable bonds is 8. The van der Waals surface area contributed by atoms with Crippen LogP contribution >= 0.6 is 0 Å². The lowest BCUT2D eigenvalue weighted by Gasteiger charge is -2.11. The third-order valence-electron chi connectivity index (χ3n) is 4.31. The van der Waals surface area contributed by atoms with Crippen molar-refractivity contribution in [1.82, 2.24) is 15.3 Å². The predicted octanol–water partition coefficient (Wildman–Crippen LogP) is 5.19. The van der Waals surface area contributed by atoms with Gasteiger partial charge in [-0.1, -0.05) is 13.2 Å². The second kappa shape index (κ2) is 9.00. The van der Waals surface area contributed by atoms with Crippen LogP contribution in [0.15, 0.2) is 61.3 Å². The number of nitrogens with one attached hydrogen (secondary N) is 3. The summed E-state index contributed by atoms with van der Waals surface area (Å²) in [5, 5.41) is 5.59. The highest BCUT2D eigenvalue weighted by molar-refractivity contribution is 5.76. The van der Waals surface area contributed by atoms with Gasteiger partial charge in [-0.25, -0.2) is 13.8 Å². The molecule has 3 aromatic rings. The lowest BCUT2D eigenvalue weighted by atomic mass is 10.1. The van der Waals surface area contributed by atoms with E-state index in [0.29, 0.717) is 40.7 Å². The molecule has 0 aliphatic carbocycles. The van der Waals surface area contributed by atoms with Gasteiger partial charge in [0, 0.05) is 34.3 Å². The van der Waals surface area contributed by atoms with E-state index < -0.39 is 11.6 Å². The molecule has 1 heterocycles. The van der Waals surface area contributed by atoms with Crippen LogP contribution in [0.25, 0.3) is 29.2 Å². The summed E-state index contributed by atoms with van der Waals surface area (Å²) in [6.07, 6.45) is 3.99. The number of hydrogen-bond acceptors (Lipinski definition) is 3. The summed E-state index contributed by atoms with van der Waals surface area (Å²) < 4.78 is 27.0. The third-order valence-corrected chi connectivity index (χ3v) is 4.31. The number of halogens is 2. The molecule has 0 unspecified atom stereocenters. The largest absolute Gasteiger partial charge is 0.355 e. The molecule has 7 heteroatoms. The molecule has 152 valence electrons. The first kappa shape index (κ1) is 20.7. The number of anilines is 1. The summed E-state index contributed by atoms with van der Waals surface area (Å²) in [4.78, 5) is 18.3. The van der Waals surface area contributed by atoms with E-state index in [1.165, 1.54) is 12.1 Å². The van der Waals surface area contributed by atoms with Gasteiger partial charge in [-0.05, 0) is 55.5 Å². The van der Waals surface area contributed by atoms with Crippen LogP contribution in [0.2, 0.25) is 0 Å². The van der Waals surface area contributed by atoms with Crippen LogP contribution in [-0.4, -0.2) is 16.4 Å². The molecular weight excluding hydrogens is 386 g/mol. The topological polar surface area (TPSA) is 69.8 Å². The standard InChI is InChI=1S/C23H20F2N4O/c1-4-21-22(11-14(2)26-13-30)29-23(28-21)16-5-8-18(9-6-16)27-15(3)19-10-7-17(24)12-20(19)25/h4-13,27H,1,3H2,2H3,(H,26,30)(H,28,29)/b14-11+. The molecule has 0 radical (unpaired) electrons. The highest BCUT2D eigenvalue weighted by atomic mass is 19.1. The van der Waals surface area contributed by atoms with Crippen LogP contribution in [-0.2, 0) is 4.79 Å². The summed E-state index contributed by atoms with van der Waals surface area (Å²) in [6, 6.07) is 10.6. The van der Waals surface area contributed by atoms with Crippen molar-refractivity contribution in [3.05, 3.63) is 89.9 Å². The second-order valence-corrected chi connectivity index (χ2v) is 6.48. The van der Waals surface area contributed by atoms with Gasteiger partial charge in [0.25, 0.3) is 0 Å². The number of allylic oxidation sites excluding steroid dienone is 1. The van der Waals surface area contributed by atoms with Gasteiger partial charge in [0.2, 0.25) is 6.41 Å². The zero-order valence-electron chi connectivity index (χ0n) is 16.3. The molecule has 0 atom stereocenters. The van der Waals surface area contributed by atoms with Gasteiger partial charge in [-0.3, -0.25) is 4.79 Å². The molecule has 0 spiro atoms. The summed E-state index contributed by atoms with van der Waals surface area (Å²) in [6.45, 7) is 9.35. The maximum Gasteiger partial charge on any atom is 0.211 e. The Kier molecular flexibility index (Phi) is 6.22. The average molecular weight is 406 g/mol. The van der Waals surface area contributed by atoms with Crippen LogP contribution in [0.5, 0.6) is 0 Å². The van der Waals surface area contributed by atoms with Crippen molar-refractivity contribution in [2.24, 2.45) is 0 Å². The number of nitrogens with zero attached hydrogens (tertiary/aromatic N) is 1. The van der Waals surface area contributed by atoms with Crippen molar-refractivity contribution in [2.45, 2.75) is 6.92 Å². The number of hydrogen-bond donors (Lipinski definition) is 3. The van der Waals surface area contributed by atoms with E-state index in [-0.39, 0.29) is 5.56 Å². The van der Waals surface area contributed by atoms with Crippen LogP contribution in [0, 0.1) is 11.6 Å². The summed E-state index contributed by atoms with van der Waals surface area (Å²) >= 11 is 0. The molecule has 3 rings (SSSR count). The Hall–Kier alpha value is -4.00. The van der Waals surface area contributed by atoms with Crippen molar-refractivity contribution < 1.29 is 13.6 Å². The number of amides is 1. The van der Waals surface area contributed by atoms with Crippen molar-refractivity contribution in [2.75, 3.05) is 5.32 Å². The Morgan fingerprint density at radius 3 is 2.53 bits per heavy atom. The molecule has 3 N–H and O–H groups in total. The van der Waals surface area contributed by atoms with Gasteiger partial charge in [0.15, 0.2) is 0 Å². The number of carbonyl (C=O) groups is 1. The zero-order chi connectivity index (χ0) is 21.7. The fraction of sp³-hybridized carbons (Fsp3) is 0.0435. The monoisotopic (exact) mass is 406 g/mol. The molecule has 2 aromatic carbocycles. The Balaban J connectivity index is 1.79. The lowest BCUT2D eigenvalue weighted by molar-refractivity contribution is -0.108. The van der Waals surface area contributed by atoms with E-state index in [0.717, 1.165) is 11.6 Å². The lowest BCUT2D eigenvalue weighted by Crippen LogP contribution is -2.06. The molecule has 0 aliphatic heterocycles. The fourth-order valence-electron chi connectivity index (χ4n) is 2.84. The van der Waals surface area contributed by atoms with Crippen LogP contribution in [0.3, 0.4) is 0 Å². The van der Waals surface area contributed by atoms with Gasteiger partial charge in [0.05, 0.1) is 11.4 Å². The van der Waals surface area contributed by atoms with Crippen molar-refractivity contribution in [3.63, 3.8) is 0 Å². The Labute approximate surface area is 172 Å². The summed E-state index contributed by atoms with van der Waals surface area (Å²) in [5.74, 6) is -0.696. The van der Waals surface area contributed by atoms with Crippen LogP contribution in [0.1, 0.15) is 23.9 Å². The summed E-state index contributed by atoms with van der Waals surface area (Å²) in [7, 11) is 0. The first-order valence-electron chi connectivity index (χ1n) is 9.04. The van der Waals surface area contributed by atoms with E-state index in [2.05, 4.69) is 33.8 Å². The predicted molar refractivity (Wildman–Crippen MR) is 116 cm³/mol. The number of benzene rings is 2. The molecule has 1 aromatic heterocycles. The Morgan fingerprint density at radius 1 is 1.17 bits per heavy atom. The third kappa shape index (κ3) is 4.70. The number of aromatic nitrogens is 2.